The van der Waals surface area contributed by atoms with Crippen molar-refractivity contribution in [2.45, 2.75) is 25.8 Å². The molecule has 1 N–H and O–H groups in total. The zero-order chi connectivity index (χ0) is 11.6. The molecular formula is C12H21NO2S. The van der Waals surface area contributed by atoms with Gasteiger partial charge in [-0.25, -0.2) is 0 Å². The number of methoxy groups -OCH3 is 2. The molecule has 16 heavy (non-hydrogen) atoms. The minimum atomic E-state index is 0.877. The Morgan fingerprint density at radius 3 is 2.75 bits per heavy atom. The first-order valence-electron chi connectivity index (χ1n) is 5.69. The highest BCUT2D eigenvalue weighted by Gasteiger charge is 1.98. The minimum Gasteiger partial charge on any atom is -0.487 e. The smallest absolute Gasteiger partial charge is 0.173 e. The average molecular weight is 243 g/mol. The third kappa shape index (κ3) is 5.49. The van der Waals surface area contributed by atoms with E-state index in [0.29, 0.717) is 0 Å². The molecule has 0 atom stereocenters. The van der Waals surface area contributed by atoms with Gasteiger partial charge in [0.25, 0.3) is 0 Å². The Bertz CT molecular complexity index is 276. The molecule has 1 aromatic rings. The summed E-state index contributed by atoms with van der Waals surface area (Å²) in [7, 11) is 3.46. The summed E-state index contributed by atoms with van der Waals surface area (Å²) in [5.74, 6) is 0. The van der Waals surface area contributed by atoms with Gasteiger partial charge in [-0.05, 0) is 37.9 Å². The SMILES string of the molecule is COCCCCCNCc1ccc(OC)s1. The van der Waals surface area contributed by atoms with Crippen molar-refractivity contribution in [1.29, 1.82) is 0 Å². The van der Waals surface area contributed by atoms with Gasteiger partial charge in [-0.3, -0.25) is 0 Å². The van der Waals surface area contributed by atoms with E-state index in [1.165, 1.54) is 17.7 Å². The van der Waals surface area contributed by atoms with E-state index in [2.05, 4.69) is 11.4 Å². The Morgan fingerprint density at radius 1 is 1.19 bits per heavy atom. The van der Waals surface area contributed by atoms with Gasteiger partial charge < -0.3 is 14.8 Å². The second kappa shape index (κ2) is 8.56. The lowest BCUT2D eigenvalue weighted by Crippen LogP contribution is -2.13. The standard InChI is InChI=1S/C12H21NO2S/c1-14-9-5-3-4-8-13-10-11-6-7-12(15-2)16-11/h6-7,13H,3-5,8-10H2,1-2H3. The van der Waals surface area contributed by atoms with Crippen LogP contribution in [0.25, 0.3) is 0 Å². The molecule has 0 fully saturated rings. The molecule has 0 spiro atoms. The number of hydrogen-bond acceptors (Lipinski definition) is 4. The van der Waals surface area contributed by atoms with Crippen LogP contribution in [0.2, 0.25) is 0 Å². The van der Waals surface area contributed by atoms with Crippen LogP contribution < -0.4 is 10.1 Å². The molecule has 0 saturated carbocycles. The Kier molecular flexibility index (Phi) is 7.21. The Balaban J connectivity index is 1.98. The number of ether oxygens (including phenoxy) is 2. The molecule has 0 saturated heterocycles. The van der Waals surface area contributed by atoms with Gasteiger partial charge in [-0.1, -0.05) is 0 Å². The summed E-state index contributed by atoms with van der Waals surface area (Å²) in [6, 6.07) is 4.13. The van der Waals surface area contributed by atoms with E-state index in [-0.39, 0.29) is 0 Å². The van der Waals surface area contributed by atoms with Gasteiger partial charge in [-0.2, -0.15) is 0 Å². The molecule has 1 heterocycles. The van der Waals surface area contributed by atoms with Crippen molar-refractivity contribution in [1.82, 2.24) is 5.32 Å². The molecule has 0 aliphatic rings. The lowest BCUT2D eigenvalue weighted by Gasteiger charge is -2.02. The van der Waals surface area contributed by atoms with E-state index < -0.39 is 0 Å². The van der Waals surface area contributed by atoms with Gasteiger partial charge in [-0.15, -0.1) is 11.3 Å². The van der Waals surface area contributed by atoms with Crippen molar-refractivity contribution < 1.29 is 9.47 Å². The van der Waals surface area contributed by atoms with Crippen LogP contribution in [0, 0.1) is 0 Å². The summed E-state index contributed by atoms with van der Waals surface area (Å²) < 4.78 is 10.1. The van der Waals surface area contributed by atoms with Crippen molar-refractivity contribution in [3.05, 3.63) is 17.0 Å². The van der Waals surface area contributed by atoms with Gasteiger partial charge >= 0.3 is 0 Å². The van der Waals surface area contributed by atoms with E-state index >= 15 is 0 Å². The van der Waals surface area contributed by atoms with E-state index in [9.17, 15) is 0 Å². The summed E-state index contributed by atoms with van der Waals surface area (Å²) in [6.45, 7) is 2.89. The second-order valence-corrected chi connectivity index (χ2v) is 4.79. The molecule has 92 valence electrons. The van der Waals surface area contributed by atoms with Crippen molar-refractivity contribution >= 4 is 11.3 Å². The molecule has 0 aliphatic carbocycles. The fraction of sp³-hybridized carbons (Fsp3) is 0.667. The fourth-order valence-corrected chi connectivity index (χ4v) is 2.24. The van der Waals surface area contributed by atoms with Crippen molar-refractivity contribution in [2.24, 2.45) is 0 Å². The summed E-state index contributed by atoms with van der Waals surface area (Å²) in [5.41, 5.74) is 0. The molecule has 4 heteroatoms. The predicted octanol–water partition coefficient (Wildman–Crippen LogP) is 2.66. The Hall–Kier alpha value is -0.580. The maximum Gasteiger partial charge on any atom is 0.173 e. The molecule has 1 rings (SSSR count). The summed E-state index contributed by atoms with van der Waals surface area (Å²) in [6.07, 6.45) is 3.60. The third-order valence-corrected chi connectivity index (χ3v) is 3.39. The molecule has 1 aromatic heterocycles. The first kappa shape index (κ1) is 13.5. The molecular weight excluding hydrogens is 222 g/mol. The van der Waals surface area contributed by atoms with Crippen LogP contribution in [0.1, 0.15) is 24.1 Å². The molecule has 0 aromatic carbocycles. The van der Waals surface area contributed by atoms with Gasteiger partial charge in [0.05, 0.1) is 7.11 Å². The number of nitrogens with one attached hydrogen (secondary N) is 1. The van der Waals surface area contributed by atoms with Crippen LogP contribution in [0.15, 0.2) is 12.1 Å². The monoisotopic (exact) mass is 243 g/mol. The predicted molar refractivity (Wildman–Crippen MR) is 68.3 cm³/mol. The summed E-state index contributed by atoms with van der Waals surface area (Å²) in [4.78, 5) is 1.33. The lowest BCUT2D eigenvalue weighted by atomic mass is 10.2. The van der Waals surface area contributed by atoms with Crippen LogP contribution in [0.3, 0.4) is 0 Å². The highest BCUT2D eigenvalue weighted by molar-refractivity contribution is 7.13. The zero-order valence-corrected chi connectivity index (χ0v) is 10.9. The largest absolute Gasteiger partial charge is 0.487 e. The first-order chi connectivity index (χ1) is 7.86. The number of thiophene rings is 1. The maximum atomic E-state index is 5.14. The fourth-order valence-electron chi connectivity index (χ4n) is 1.45. The van der Waals surface area contributed by atoms with E-state index in [4.69, 9.17) is 9.47 Å². The van der Waals surface area contributed by atoms with Crippen LogP contribution in [-0.4, -0.2) is 27.4 Å². The second-order valence-electron chi connectivity index (χ2n) is 3.66. The van der Waals surface area contributed by atoms with Crippen molar-refractivity contribution in [3.63, 3.8) is 0 Å². The molecule has 0 bridgehead atoms. The maximum absolute atomic E-state index is 5.14. The van der Waals surface area contributed by atoms with Crippen molar-refractivity contribution in [2.75, 3.05) is 27.4 Å². The number of rotatable bonds is 9. The number of unbranched alkanes of at least 4 members (excludes halogenated alkanes) is 2. The van der Waals surface area contributed by atoms with Crippen LogP contribution >= 0.6 is 11.3 Å². The van der Waals surface area contributed by atoms with Gasteiger partial charge in [0.15, 0.2) is 5.06 Å². The number of hydrogen-bond donors (Lipinski definition) is 1. The molecule has 0 aliphatic heterocycles. The summed E-state index contributed by atoms with van der Waals surface area (Å²) >= 11 is 1.70. The molecule has 0 radical (unpaired) electrons. The minimum absolute atomic E-state index is 0.877. The zero-order valence-electron chi connectivity index (χ0n) is 10.1. The lowest BCUT2D eigenvalue weighted by molar-refractivity contribution is 0.192. The average Bonchev–Trinajstić information content (AvgIpc) is 2.76. The van der Waals surface area contributed by atoms with Gasteiger partial charge in [0.1, 0.15) is 0 Å². The van der Waals surface area contributed by atoms with Crippen LogP contribution in [-0.2, 0) is 11.3 Å². The third-order valence-electron chi connectivity index (χ3n) is 2.34. The van der Waals surface area contributed by atoms with E-state index in [0.717, 1.165) is 31.2 Å². The van der Waals surface area contributed by atoms with Gasteiger partial charge in [0.2, 0.25) is 0 Å². The normalized spacial score (nSPS) is 10.6. The quantitative estimate of drug-likeness (QED) is 0.676. The van der Waals surface area contributed by atoms with Crippen molar-refractivity contribution in [3.8, 4) is 5.06 Å². The highest BCUT2D eigenvalue weighted by atomic mass is 32.1. The highest BCUT2D eigenvalue weighted by Crippen LogP contribution is 2.23. The van der Waals surface area contributed by atoms with Crippen LogP contribution in [0.4, 0.5) is 0 Å². The Labute approximate surface area is 102 Å². The Morgan fingerprint density at radius 2 is 2.06 bits per heavy atom. The van der Waals surface area contributed by atoms with E-state index in [1.807, 2.05) is 6.07 Å². The van der Waals surface area contributed by atoms with Crippen LogP contribution in [0.5, 0.6) is 5.06 Å². The molecule has 3 nitrogen and oxygen atoms in total. The van der Waals surface area contributed by atoms with E-state index in [1.54, 1.807) is 25.6 Å². The summed E-state index contributed by atoms with van der Waals surface area (Å²) in [5, 5.41) is 4.41. The molecule has 0 unspecified atom stereocenters. The topological polar surface area (TPSA) is 30.5 Å². The molecule has 0 amide bonds. The first-order valence-corrected chi connectivity index (χ1v) is 6.51. The van der Waals surface area contributed by atoms with Gasteiger partial charge in [0, 0.05) is 25.1 Å².